The van der Waals surface area contributed by atoms with Gasteiger partial charge in [0.25, 0.3) is 3.58 Å². The van der Waals surface area contributed by atoms with E-state index < -0.39 is 0 Å². The van der Waals surface area contributed by atoms with Crippen molar-refractivity contribution in [3.63, 3.8) is 0 Å². The minimum atomic E-state index is 0.688. The molecule has 0 spiro atoms. The van der Waals surface area contributed by atoms with Gasteiger partial charge in [0.2, 0.25) is 5.70 Å². The van der Waals surface area contributed by atoms with Crippen LogP contribution in [0.4, 0.5) is 0 Å². The van der Waals surface area contributed by atoms with E-state index >= 15 is 0 Å². The van der Waals surface area contributed by atoms with Crippen LogP contribution < -0.4 is 5.73 Å². The minimum absolute atomic E-state index is 0.688. The summed E-state index contributed by atoms with van der Waals surface area (Å²) in [5.74, 6) is 0. The lowest BCUT2D eigenvalue weighted by Gasteiger charge is -1.83. The van der Waals surface area contributed by atoms with Gasteiger partial charge in [-0.2, -0.15) is 0 Å². The standard InChI is InChI=1S/C5H4IN2/c6-4-1-2-8-3-5(4)7/h2-3H,7H2/q+1. The van der Waals surface area contributed by atoms with Gasteiger partial charge in [-0.15, -0.1) is 0 Å². The fourth-order valence-electron chi connectivity index (χ4n) is 0.352. The van der Waals surface area contributed by atoms with E-state index in [1.54, 1.807) is 12.4 Å². The van der Waals surface area contributed by atoms with Crippen molar-refractivity contribution < 1.29 is 0 Å². The van der Waals surface area contributed by atoms with Gasteiger partial charge in [-0.3, -0.25) is 0 Å². The summed E-state index contributed by atoms with van der Waals surface area (Å²) in [7, 11) is 0. The zero-order chi connectivity index (χ0) is 5.98. The number of hydrogen-bond acceptors (Lipinski definition) is 2. The lowest BCUT2D eigenvalue weighted by Crippen LogP contribution is -2.01. The molecular formula is C5H4IN2+. The molecule has 0 radical (unpaired) electrons. The predicted molar refractivity (Wildman–Crippen MR) is 41.5 cm³/mol. The van der Waals surface area contributed by atoms with Crippen molar-refractivity contribution in [2.75, 3.05) is 0 Å². The van der Waals surface area contributed by atoms with E-state index in [2.05, 4.69) is 33.7 Å². The van der Waals surface area contributed by atoms with Gasteiger partial charge in [0.15, 0.2) is 6.20 Å². The van der Waals surface area contributed by atoms with Gasteiger partial charge in [0.1, 0.15) is 12.3 Å². The number of allylic oxidation sites excluding steroid dienone is 3. The highest BCUT2D eigenvalue weighted by molar-refractivity contribution is 14.1. The highest BCUT2D eigenvalue weighted by Gasteiger charge is 2.08. The second-order valence-electron chi connectivity index (χ2n) is 1.32. The maximum atomic E-state index is 5.42. The topological polar surface area (TPSA) is 38.4 Å². The van der Waals surface area contributed by atoms with Crippen LogP contribution >= 0.6 is 22.6 Å². The fourth-order valence-corrected chi connectivity index (χ4v) is 0.630. The molecule has 0 atom stereocenters. The van der Waals surface area contributed by atoms with Crippen LogP contribution in [0.5, 0.6) is 0 Å². The van der Waals surface area contributed by atoms with Crippen molar-refractivity contribution in [3.05, 3.63) is 21.6 Å². The molecule has 0 aromatic carbocycles. The maximum absolute atomic E-state index is 5.42. The zero-order valence-corrected chi connectivity index (χ0v) is 6.21. The first-order chi connectivity index (χ1) is 3.80. The average molecular weight is 219 g/mol. The third kappa shape index (κ3) is 1.05. The van der Waals surface area contributed by atoms with Crippen LogP contribution in [-0.4, -0.2) is 6.21 Å². The second kappa shape index (κ2) is 2.24. The van der Waals surface area contributed by atoms with E-state index in [4.69, 9.17) is 5.73 Å². The van der Waals surface area contributed by atoms with E-state index in [1.807, 2.05) is 0 Å². The Labute approximate surface area is 61.3 Å². The summed E-state index contributed by atoms with van der Waals surface area (Å²) in [6.45, 7) is 0. The molecule has 1 heterocycles. The molecule has 0 saturated carbocycles. The first kappa shape index (κ1) is 5.72. The molecule has 1 rings (SSSR count). The molecule has 0 aromatic heterocycles. The Morgan fingerprint density at radius 3 is 2.88 bits per heavy atom. The first-order valence-corrected chi connectivity index (χ1v) is 3.15. The zero-order valence-electron chi connectivity index (χ0n) is 4.06. The molecule has 0 saturated heterocycles. The number of nitrogens with two attached hydrogens (primary N) is 1. The lowest BCUT2D eigenvalue weighted by molar-refractivity contribution is 1.41. The van der Waals surface area contributed by atoms with Gasteiger partial charge in [-0.05, 0) is 0 Å². The number of halogens is 1. The molecule has 0 unspecified atom stereocenters. The summed E-state index contributed by atoms with van der Waals surface area (Å²) < 4.78 is 0.928. The summed E-state index contributed by atoms with van der Waals surface area (Å²) in [5.41, 5.74) is 6.11. The van der Waals surface area contributed by atoms with Crippen LogP contribution in [-0.2, 0) is 0 Å². The molecular weight excluding hydrogens is 215 g/mol. The summed E-state index contributed by atoms with van der Waals surface area (Å²) in [5, 5.41) is 0. The van der Waals surface area contributed by atoms with Gasteiger partial charge in [-0.25, -0.2) is 4.99 Å². The number of hydrogen-bond donors (Lipinski definition) is 1. The highest BCUT2D eigenvalue weighted by atomic mass is 127. The molecule has 2 nitrogen and oxygen atoms in total. The van der Waals surface area contributed by atoms with Crippen LogP contribution in [0.2, 0.25) is 0 Å². The molecule has 2 N–H and O–H groups in total. The molecule has 1 aliphatic heterocycles. The summed E-state index contributed by atoms with van der Waals surface area (Å²) in [6, 6.07) is 0. The van der Waals surface area contributed by atoms with E-state index in [1.165, 1.54) is 0 Å². The molecule has 40 valence electrons. The number of rotatable bonds is 0. The third-order valence-electron chi connectivity index (χ3n) is 0.733. The van der Waals surface area contributed by atoms with E-state index in [0.717, 1.165) is 3.58 Å². The molecule has 1 aliphatic rings. The molecule has 0 bridgehead atoms. The van der Waals surface area contributed by atoms with Gasteiger partial charge in [-0.1, -0.05) is 0 Å². The fraction of sp³-hybridized carbons (Fsp3) is 0. The Balaban J connectivity index is 2.97. The molecule has 0 fully saturated rings. The summed E-state index contributed by atoms with van der Waals surface area (Å²) in [4.78, 5) is 3.76. The van der Waals surface area contributed by atoms with Crippen molar-refractivity contribution in [1.82, 2.24) is 0 Å². The summed E-state index contributed by atoms with van der Waals surface area (Å²) in [6.07, 6.45) is 6.05. The monoisotopic (exact) mass is 219 g/mol. The van der Waals surface area contributed by atoms with Crippen LogP contribution in [0.15, 0.2) is 20.5 Å². The van der Waals surface area contributed by atoms with E-state index in [-0.39, 0.29) is 0 Å². The van der Waals surface area contributed by atoms with Crippen molar-refractivity contribution in [1.29, 1.82) is 0 Å². The van der Waals surface area contributed by atoms with Crippen molar-refractivity contribution >= 4 is 28.8 Å². The van der Waals surface area contributed by atoms with Gasteiger partial charge in [0, 0.05) is 22.6 Å². The molecule has 3 heteroatoms. The van der Waals surface area contributed by atoms with Gasteiger partial charge >= 0.3 is 0 Å². The second-order valence-corrected chi connectivity index (χ2v) is 2.40. The lowest BCUT2D eigenvalue weighted by atomic mass is 10.4. The van der Waals surface area contributed by atoms with Crippen LogP contribution in [0.3, 0.4) is 0 Å². The van der Waals surface area contributed by atoms with Crippen LogP contribution in [0.25, 0.3) is 0 Å². The quantitative estimate of drug-likeness (QED) is 0.478. The molecule has 0 amide bonds. The normalized spacial score (nSPS) is 16.6. The Morgan fingerprint density at radius 1 is 1.75 bits per heavy atom. The SMILES string of the molecule is NC1=C(I)[C+]=CN=C1. The Kier molecular flexibility index (Phi) is 1.60. The van der Waals surface area contributed by atoms with E-state index in [9.17, 15) is 0 Å². The third-order valence-corrected chi connectivity index (χ3v) is 1.67. The van der Waals surface area contributed by atoms with Crippen molar-refractivity contribution in [2.45, 2.75) is 0 Å². The molecule has 0 aliphatic carbocycles. The Hall–Kier alpha value is -0.410. The van der Waals surface area contributed by atoms with Crippen molar-refractivity contribution in [3.8, 4) is 0 Å². The minimum Gasteiger partial charge on any atom is -0.321 e. The average Bonchev–Trinajstić information content (AvgIpc) is 1.77. The van der Waals surface area contributed by atoms with Crippen molar-refractivity contribution in [2.24, 2.45) is 10.7 Å². The molecule has 0 aromatic rings. The van der Waals surface area contributed by atoms with Gasteiger partial charge < -0.3 is 5.73 Å². The van der Waals surface area contributed by atoms with Crippen LogP contribution in [0, 0.1) is 6.08 Å². The Morgan fingerprint density at radius 2 is 2.50 bits per heavy atom. The largest absolute Gasteiger partial charge is 0.321 e. The van der Waals surface area contributed by atoms with Crippen LogP contribution in [0.1, 0.15) is 0 Å². The first-order valence-electron chi connectivity index (χ1n) is 2.07. The number of aliphatic imine (C=N–C) groups is 1. The summed E-state index contributed by atoms with van der Waals surface area (Å²) >= 11 is 2.10. The predicted octanol–water partition coefficient (Wildman–Crippen LogP) is 0.993. The molecule has 8 heavy (non-hydrogen) atoms. The Bertz CT molecular complexity index is 159. The maximum Gasteiger partial charge on any atom is 0.258 e. The smallest absolute Gasteiger partial charge is 0.258 e. The number of nitrogens with zero attached hydrogens (tertiary/aromatic N) is 1. The van der Waals surface area contributed by atoms with Gasteiger partial charge in [0.05, 0.1) is 0 Å². The highest BCUT2D eigenvalue weighted by Crippen LogP contribution is 2.10. The van der Waals surface area contributed by atoms with E-state index in [0.29, 0.717) is 5.70 Å².